The second-order valence-electron chi connectivity index (χ2n) is 6.90. The average Bonchev–Trinajstić information content (AvgIpc) is 3.20. The number of benzene rings is 2. The lowest BCUT2D eigenvalue weighted by molar-refractivity contribution is -0.130. The van der Waals surface area contributed by atoms with E-state index in [1.54, 1.807) is 31.3 Å². The highest BCUT2D eigenvalue weighted by Gasteiger charge is 2.19. The van der Waals surface area contributed by atoms with E-state index >= 15 is 0 Å². The van der Waals surface area contributed by atoms with Gasteiger partial charge in [0.2, 0.25) is 27.6 Å². The molecule has 0 N–H and O–H groups in total. The van der Waals surface area contributed by atoms with Crippen molar-refractivity contribution in [1.82, 2.24) is 15.0 Å². The van der Waals surface area contributed by atoms with Crippen molar-refractivity contribution in [2.24, 2.45) is 0 Å². The van der Waals surface area contributed by atoms with Crippen molar-refractivity contribution < 1.29 is 17.7 Å². The summed E-state index contributed by atoms with van der Waals surface area (Å²) in [4.78, 5) is 18.3. The Kier molecular flexibility index (Phi) is 6.83. The number of amides is 1. The van der Waals surface area contributed by atoms with Crippen molar-refractivity contribution in [3.05, 3.63) is 66.6 Å². The van der Waals surface area contributed by atoms with Gasteiger partial charge in [0.25, 0.3) is 0 Å². The molecule has 0 unspecified atom stereocenters. The number of carbonyl (C=O) groups is 1. The number of hydrogen-bond donors (Lipinski definition) is 0. The lowest BCUT2D eigenvalue weighted by Crippen LogP contribution is -2.32. The summed E-state index contributed by atoms with van der Waals surface area (Å²) in [6.07, 6.45) is 1.76. The zero-order chi connectivity index (χ0) is 21.6. The van der Waals surface area contributed by atoms with Crippen LogP contribution in [-0.4, -0.2) is 49.2 Å². The Labute approximate surface area is 176 Å². The van der Waals surface area contributed by atoms with E-state index in [0.29, 0.717) is 23.8 Å². The number of hydrogen-bond acceptors (Lipinski definition) is 6. The Morgan fingerprint density at radius 2 is 1.67 bits per heavy atom. The maximum atomic E-state index is 12.5. The first-order valence-electron chi connectivity index (χ1n) is 9.49. The minimum Gasteiger partial charge on any atom is -0.337 e. The molecule has 0 aliphatic rings. The SMILES string of the molecule is CN(Cc1nc(-c2ccccc2)no1)C(=O)CCCN(c1ccccc1)S(C)(=O)=O. The fourth-order valence-electron chi connectivity index (χ4n) is 2.96. The maximum Gasteiger partial charge on any atom is 0.246 e. The molecule has 1 heterocycles. The Bertz CT molecular complexity index is 1070. The average molecular weight is 429 g/mol. The van der Waals surface area contributed by atoms with Gasteiger partial charge in [0.05, 0.1) is 18.5 Å². The van der Waals surface area contributed by atoms with Crippen molar-refractivity contribution in [2.75, 3.05) is 24.2 Å². The number of anilines is 1. The zero-order valence-electron chi connectivity index (χ0n) is 16.9. The van der Waals surface area contributed by atoms with E-state index in [-0.39, 0.29) is 25.4 Å². The van der Waals surface area contributed by atoms with E-state index < -0.39 is 10.0 Å². The lowest BCUT2D eigenvalue weighted by atomic mass is 10.2. The minimum absolute atomic E-state index is 0.129. The molecule has 9 heteroatoms. The monoisotopic (exact) mass is 428 g/mol. The predicted molar refractivity (Wildman–Crippen MR) is 114 cm³/mol. The summed E-state index contributed by atoms with van der Waals surface area (Å²) >= 11 is 0. The normalized spacial score (nSPS) is 11.3. The highest BCUT2D eigenvalue weighted by Crippen LogP contribution is 2.18. The molecule has 3 aromatic rings. The molecule has 2 aromatic carbocycles. The van der Waals surface area contributed by atoms with Gasteiger partial charge in [-0.3, -0.25) is 9.10 Å². The van der Waals surface area contributed by atoms with Crippen molar-refractivity contribution >= 4 is 21.6 Å². The molecule has 0 saturated heterocycles. The molecule has 1 aromatic heterocycles. The first-order chi connectivity index (χ1) is 14.3. The number of nitrogens with zero attached hydrogens (tertiary/aromatic N) is 4. The first kappa shape index (κ1) is 21.5. The molecule has 0 aliphatic carbocycles. The van der Waals surface area contributed by atoms with E-state index in [2.05, 4.69) is 10.1 Å². The summed E-state index contributed by atoms with van der Waals surface area (Å²) in [5.74, 6) is 0.681. The number of carbonyl (C=O) groups excluding carboxylic acids is 1. The Balaban J connectivity index is 1.54. The zero-order valence-corrected chi connectivity index (χ0v) is 17.7. The third kappa shape index (κ3) is 5.66. The molecule has 3 rings (SSSR count). The van der Waals surface area contributed by atoms with Gasteiger partial charge in [-0.25, -0.2) is 8.42 Å². The highest BCUT2D eigenvalue weighted by atomic mass is 32.2. The maximum absolute atomic E-state index is 12.5. The van der Waals surface area contributed by atoms with Gasteiger partial charge in [0, 0.05) is 25.6 Å². The molecule has 0 bridgehead atoms. The van der Waals surface area contributed by atoms with Gasteiger partial charge in [-0.1, -0.05) is 53.7 Å². The molecule has 0 fully saturated rings. The van der Waals surface area contributed by atoms with Gasteiger partial charge < -0.3 is 9.42 Å². The topological polar surface area (TPSA) is 96.6 Å². The number of para-hydroxylation sites is 1. The van der Waals surface area contributed by atoms with Crippen LogP contribution in [0, 0.1) is 0 Å². The summed E-state index contributed by atoms with van der Waals surface area (Å²) in [7, 11) is -1.78. The second-order valence-corrected chi connectivity index (χ2v) is 8.81. The number of rotatable bonds is 9. The van der Waals surface area contributed by atoms with Crippen LogP contribution in [0.2, 0.25) is 0 Å². The van der Waals surface area contributed by atoms with Crippen LogP contribution in [0.15, 0.2) is 65.2 Å². The van der Waals surface area contributed by atoms with E-state index in [1.165, 1.54) is 9.21 Å². The van der Waals surface area contributed by atoms with E-state index in [4.69, 9.17) is 4.52 Å². The molecule has 0 atom stereocenters. The number of aromatic nitrogens is 2. The van der Waals surface area contributed by atoms with Gasteiger partial charge >= 0.3 is 0 Å². The van der Waals surface area contributed by atoms with Crippen molar-refractivity contribution in [2.45, 2.75) is 19.4 Å². The Hall–Kier alpha value is -3.20. The molecule has 0 spiro atoms. The van der Waals surface area contributed by atoms with Crippen LogP contribution >= 0.6 is 0 Å². The first-order valence-corrected chi connectivity index (χ1v) is 11.3. The second kappa shape index (κ2) is 9.53. The van der Waals surface area contributed by atoms with Gasteiger partial charge in [-0.05, 0) is 18.6 Å². The largest absolute Gasteiger partial charge is 0.337 e. The highest BCUT2D eigenvalue weighted by molar-refractivity contribution is 7.92. The van der Waals surface area contributed by atoms with Crippen LogP contribution in [0.4, 0.5) is 5.69 Å². The minimum atomic E-state index is -3.43. The third-order valence-electron chi connectivity index (χ3n) is 4.49. The Morgan fingerprint density at radius 1 is 1.03 bits per heavy atom. The molecule has 0 aliphatic heterocycles. The van der Waals surface area contributed by atoms with Crippen LogP contribution in [-0.2, 0) is 21.4 Å². The van der Waals surface area contributed by atoms with Crippen molar-refractivity contribution in [1.29, 1.82) is 0 Å². The molecular weight excluding hydrogens is 404 g/mol. The standard InChI is InChI=1S/C21H24N4O4S/c1-24(16-19-22-21(23-29-19)17-10-5-3-6-11-17)20(26)14-9-15-25(30(2,27)28)18-12-7-4-8-13-18/h3-8,10-13H,9,14-16H2,1-2H3. The lowest BCUT2D eigenvalue weighted by Gasteiger charge is -2.22. The summed E-state index contributed by atoms with van der Waals surface area (Å²) in [5, 5.41) is 3.95. The van der Waals surface area contributed by atoms with Crippen LogP contribution in [0.25, 0.3) is 11.4 Å². The van der Waals surface area contributed by atoms with Gasteiger partial charge in [0.15, 0.2) is 0 Å². The fourth-order valence-corrected chi connectivity index (χ4v) is 3.93. The summed E-state index contributed by atoms with van der Waals surface area (Å²) in [6.45, 7) is 0.411. The molecule has 8 nitrogen and oxygen atoms in total. The van der Waals surface area contributed by atoms with Gasteiger partial charge in [0.1, 0.15) is 0 Å². The number of sulfonamides is 1. The van der Waals surface area contributed by atoms with Crippen LogP contribution in [0.3, 0.4) is 0 Å². The quantitative estimate of drug-likeness (QED) is 0.520. The van der Waals surface area contributed by atoms with Crippen LogP contribution in [0.1, 0.15) is 18.7 Å². The molecule has 0 saturated carbocycles. The van der Waals surface area contributed by atoms with E-state index in [9.17, 15) is 13.2 Å². The molecular formula is C21H24N4O4S. The van der Waals surface area contributed by atoms with Crippen LogP contribution < -0.4 is 4.31 Å². The molecule has 1 amide bonds. The Morgan fingerprint density at radius 3 is 2.30 bits per heavy atom. The molecule has 158 valence electrons. The van der Waals surface area contributed by atoms with Gasteiger partial charge in [-0.2, -0.15) is 4.98 Å². The molecule has 0 radical (unpaired) electrons. The summed E-state index contributed by atoms with van der Waals surface area (Å²) < 4.78 is 30.8. The fraction of sp³-hybridized carbons (Fsp3) is 0.286. The van der Waals surface area contributed by atoms with Crippen molar-refractivity contribution in [3.63, 3.8) is 0 Å². The molecule has 30 heavy (non-hydrogen) atoms. The van der Waals surface area contributed by atoms with E-state index in [1.807, 2.05) is 36.4 Å². The summed E-state index contributed by atoms with van der Waals surface area (Å²) in [5.41, 5.74) is 1.42. The summed E-state index contributed by atoms with van der Waals surface area (Å²) in [6, 6.07) is 18.3. The van der Waals surface area contributed by atoms with Gasteiger partial charge in [-0.15, -0.1) is 0 Å². The third-order valence-corrected chi connectivity index (χ3v) is 5.69. The predicted octanol–water partition coefficient (Wildman–Crippen LogP) is 2.94. The van der Waals surface area contributed by atoms with E-state index in [0.717, 1.165) is 11.8 Å². The van der Waals surface area contributed by atoms with Crippen molar-refractivity contribution in [3.8, 4) is 11.4 Å². The van der Waals surface area contributed by atoms with Crippen LogP contribution in [0.5, 0.6) is 0 Å². The smallest absolute Gasteiger partial charge is 0.246 e.